The van der Waals surface area contributed by atoms with Crippen LogP contribution in [0.3, 0.4) is 0 Å². The molecule has 29 heavy (non-hydrogen) atoms. The Morgan fingerprint density at radius 1 is 1.03 bits per heavy atom. The number of carbonyl (C=O) groups is 1. The molecule has 0 aliphatic heterocycles. The van der Waals surface area contributed by atoms with Crippen LogP contribution >= 0.6 is 15.9 Å². The van der Waals surface area contributed by atoms with Crippen molar-refractivity contribution in [3.8, 4) is 0 Å². The fourth-order valence-electron chi connectivity index (χ4n) is 3.18. The first-order chi connectivity index (χ1) is 14.2. The van der Waals surface area contributed by atoms with Gasteiger partial charge in [-0.3, -0.25) is 4.79 Å². The molecule has 3 aromatic rings. The van der Waals surface area contributed by atoms with Crippen LogP contribution in [0.25, 0.3) is 6.08 Å². The van der Waals surface area contributed by atoms with E-state index in [9.17, 15) is 4.79 Å². The molecule has 0 unspecified atom stereocenters. The van der Waals surface area contributed by atoms with E-state index >= 15 is 0 Å². The van der Waals surface area contributed by atoms with Crippen LogP contribution in [0.15, 0.2) is 83.5 Å². The molecule has 0 aliphatic carbocycles. The van der Waals surface area contributed by atoms with E-state index in [1.807, 2.05) is 41.3 Å². The van der Waals surface area contributed by atoms with Crippen LogP contribution in [-0.2, 0) is 17.9 Å². The number of halogens is 1. The summed E-state index contributed by atoms with van der Waals surface area (Å²) in [4.78, 5) is 14.8. The second-order valence-corrected chi connectivity index (χ2v) is 8.03. The van der Waals surface area contributed by atoms with E-state index < -0.39 is 0 Å². The molecular weight excluding hydrogens is 424 g/mol. The monoisotopic (exact) mass is 450 g/mol. The number of rotatable bonds is 9. The normalized spacial score (nSPS) is 11.1. The largest absolute Gasteiger partial charge is 0.345 e. The van der Waals surface area contributed by atoms with Crippen LogP contribution in [0, 0.1) is 0 Å². The summed E-state index contributed by atoms with van der Waals surface area (Å²) in [6.45, 7) is 4.32. The Morgan fingerprint density at radius 2 is 1.79 bits per heavy atom. The molecule has 0 spiro atoms. The predicted molar refractivity (Wildman–Crippen MR) is 123 cm³/mol. The van der Waals surface area contributed by atoms with E-state index in [-0.39, 0.29) is 5.91 Å². The van der Waals surface area contributed by atoms with E-state index in [4.69, 9.17) is 0 Å². The van der Waals surface area contributed by atoms with Gasteiger partial charge in [-0.1, -0.05) is 71.7 Å². The Kier molecular flexibility index (Phi) is 7.88. The van der Waals surface area contributed by atoms with Gasteiger partial charge in [0.15, 0.2) is 0 Å². The third-order valence-electron chi connectivity index (χ3n) is 4.85. The minimum atomic E-state index is 0.0543. The van der Waals surface area contributed by atoms with Crippen molar-refractivity contribution in [1.82, 2.24) is 9.47 Å². The van der Waals surface area contributed by atoms with Gasteiger partial charge in [-0.15, -0.1) is 0 Å². The molecule has 1 amide bonds. The van der Waals surface area contributed by atoms with Crippen molar-refractivity contribution in [3.63, 3.8) is 0 Å². The lowest BCUT2D eigenvalue weighted by atomic mass is 10.2. The molecule has 0 fully saturated rings. The van der Waals surface area contributed by atoms with Gasteiger partial charge in [0.05, 0.1) is 6.54 Å². The fourth-order valence-corrected chi connectivity index (χ4v) is 3.45. The summed E-state index contributed by atoms with van der Waals surface area (Å²) in [6.07, 6.45) is 7.72. The lowest BCUT2D eigenvalue weighted by molar-refractivity contribution is -0.126. The average Bonchev–Trinajstić information content (AvgIpc) is 3.18. The van der Waals surface area contributed by atoms with E-state index in [0.29, 0.717) is 6.54 Å². The first-order valence-electron chi connectivity index (χ1n) is 10.1. The van der Waals surface area contributed by atoms with Crippen LogP contribution in [0.4, 0.5) is 0 Å². The van der Waals surface area contributed by atoms with Gasteiger partial charge in [-0.05, 0) is 47.9 Å². The van der Waals surface area contributed by atoms with E-state index in [1.54, 1.807) is 6.08 Å². The number of hydrogen-bond donors (Lipinski definition) is 0. The molecule has 4 heteroatoms. The Morgan fingerprint density at radius 3 is 2.52 bits per heavy atom. The molecule has 1 heterocycles. The van der Waals surface area contributed by atoms with E-state index in [1.165, 1.54) is 5.56 Å². The van der Waals surface area contributed by atoms with Crippen LogP contribution < -0.4 is 0 Å². The topological polar surface area (TPSA) is 25.2 Å². The molecule has 1 aromatic heterocycles. The van der Waals surface area contributed by atoms with Crippen LogP contribution in [0.5, 0.6) is 0 Å². The van der Waals surface area contributed by atoms with Gasteiger partial charge in [0.2, 0.25) is 5.91 Å². The minimum absolute atomic E-state index is 0.0543. The van der Waals surface area contributed by atoms with Crippen molar-refractivity contribution in [2.75, 3.05) is 6.54 Å². The highest BCUT2D eigenvalue weighted by atomic mass is 79.9. The standard InChI is InChI=1S/C25H27BrN2O/c1-2-3-17-28(25(29)16-13-21-8-5-4-6-9-21)20-24-10-7-18-27(24)19-22-11-14-23(26)15-12-22/h4-16,18H,2-3,17,19-20H2,1H3. The smallest absolute Gasteiger partial charge is 0.246 e. The second-order valence-electron chi connectivity index (χ2n) is 7.11. The third kappa shape index (κ3) is 6.47. The molecule has 0 saturated carbocycles. The third-order valence-corrected chi connectivity index (χ3v) is 5.38. The number of hydrogen-bond acceptors (Lipinski definition) is 1. The number of nitrogens with zero attached hydrogens (tertiary/aromatic N) is 2. The highest BCUT2D eigenvalue weighted by molar-refractivity contribution is 9.10. The number of unbranched alkanes of at least 4 members (excludes halogenated alkanes) is 1. The van der Waals surface area contributed by atoms with Crippen molar-refractivity contribution in [2.24, 2.45) is 0 Å². The Balaban J connectivity index is 1.71. The van der Waals surface area contributed by atoms with Crippen molar-refractivity contribution in [3.05, 3.63) is 100 Å². The molecule has 0 aliphatic rings. The number of aromatic nitrogens is 1. The van der Waals surface area contributed by atoms with E-state index in [0.717, 1.165) is 41.7 Å². The van der Waals surface area contributed by atoms with Gasteiger partial charge in [0.25, 0.3) is 0 Å². The zero-order valence-corrected chi connectivity index (χ0v) is 18.4. The maximum Gasteiger partial charge on any atom is 0.246 e. The number of carbonyl (C=O) groups excluding carboxylic acids is 1. The fraction of sp³-hybridized carbons (Fsp3) is 0.240. The van der Waals surface area contributed by atoms with Gasteiger partial charge in [0.1, 0.15) is 0 Å². The Labute approximate surface area is 181 Å². The van der Waals surface area contributed by atoms with Crippen molar-refractivity contribution >= 4 is 27.9 Å². The Bertz CT molecular complexity index is 929. The molecule has 0 atom stereocenters. The lowest BCUT2D eigenvalue weighted by Crippen LogP contribution is -2.31. The molecule has 0 saturated heterocycles. The molecule has 0 radical (unpaired) electrons. The zero-order chi connectivity index (χ0) is 20.5. The molecule has 0 N–H and O–H groups in total. The van der Waals surface area contributed by atoms with Crippen LogP contribution in [0.1, 0.15) is 36.6 Å². The van der Waals surface area contributed by atoms with Crippen LogP contribution in [-0.4, -0.2) is 21.9 Å². The summed E-state index contributed by atoms with van der Waals surface area (Å²) in [5.41, 5.74) is 3.42. The van der Waals surface area contributed by atoms with Gasteiger partial charge in [0, 0.05) is 35.5 Å². The molecule has 3 rings (SSSR count). The molecule has 0 bridgehead atoms. The molecule has 150 valence electrons. The Hall–Kier alpha value is -2.59. The highest BCUT2D eigenvalue weighted by Crippen LogP contribution is 2.15. The van der Waals surface area contributed by atoms with Crippen molar-refractivity contribution in [1.29, 1.82) is 0 Å². The maximum atomic E-state index is 12.9. The summed E-state index contributed by atoms with van der Waals surface area (Å²) in [7, 11) is 0. The number of amides is 1. The second kappa shape index (κ2) is 10.8. The summed E-state index contributed by atoms with van der Waals surface area (Å²) >= 11 is 3.48. The van der Waals surface area contributed by atoms with Gasteiger partial charge in [-0.25, -0.2) is 0 Å². The SMILES string of the molecule is CCCCN(Cc1cccn1Cc1ccc(Br)cc1)C(=O)C=Cc1ccccc1. The summed E-state index contributed by atoms with van der Waals surface area (Å²) < 4.78 is 3.30. The molecule has 2 aromatic carbocycles. The van der Waals surface area contributed by atoms with Crippen molar-refractivity contribution in [2.45, 2.75) is 32.9 Å². The average molecular weight is 451 g/mol. The lowest BCUT2D eigenvalue weighted by Gasteiger charge is -2.22. The van der Waals surface area contributed by atoms with Gasteiger partial charge < -0.3 is 9.47 Å². The van der Waals surface area contributed by atoms with E-state index in [2.05, 4.69) is 70.0 Å². The van der Waals surface area contributed by atoms with Crippen molar-refractivity contribution < 1.29 is 4.79 Å². The quantitative estimate of drug-likeness (QED) is 0.359. The minimum Gasteiger partial charge on any atom is -0.345 e. The molecule has 3 nitrogen and oxygen atoms in total. The van der Waals surface area contributed by atoms with Gasteiger partial charge in [-0.2, -0.15) is 0 Å². The molecular formula is C25H27BrN2O. The van der Waals surface area contributed by atoms with Crippen LogP contribution in [0.2, 0.25) is 0 Å². The zero-order valence-electron chi connectivity index (χ0n) is 16.8. The van der Waals surface area contributed by atoms with Gasteiger partial charge >= 0.3 is 0 Å². The summed E-state index contributed by atoms with van der Waals surface area (Å²) in [5, 5.41) is 0. The highest BCUT2D eigenvalue weighted by Gasteiger charge is 2.13. The number of benzene rings is 2. The summed E-state index contributed by atoms with van der Waals surface area (Å²) in [5.74, 6) is 0.0543. The first kappa shape index (κ1) is 21.1. The predicted octanol–water partition coefficient (Wildman–Crippen LogP) is 6.14. The first-order valence-corrected chi connectivity index (χ1v) is 10.9. The summed E-state index contributed by atoms with van der Waals surface area (Å²) in [6, 6.07) is 22.5. The maximum absolute atomic E-state index is 12.9.